The van der Waals surface area contributed by atoms with E-state index in [9.17, 15) is 19.2 Å². The third-order valence-electron chi connectivity index (χ3n) is 10.2. The Morgan fingerprint density at radius 2 is 1.84 bits per heavy atom. The zero-order valence-corrected chi connectivity index (χ0v) is 27.6. The molecule has 4 amide bonds. The molecule has 2 aromatic rings. The Bertz CT molecular complexity index is 1410. The number of aromatic amines is 1. The summed E-state index contributed by atoms with van der Waals surface area (Å²) in [6, 6.07) is 6.28. The fraction of sp³-hybridized carbons (Fsp3) is 0.647. The molecule has 0 aliphatic carbocycles. The first kappa shape index (κ1) is 32.9. The van der Waals surface area contributed by atoms with E-state index in [2.05, 4.69) is 33.4 Å². The van der Waals surface area contributed by atoms with Crippen LogP contribution < -0.4 is 5.32 Å². The summed E-state index contributed by atoms with van der Waals surface area (Å²) >= 11 is 0. The van der Waals surface area contributed by atoms with Gasteiger partial charge in [0.2, 0.25) is 23.6 Å². The van der Waals surface area contributed by atoms with Gasteiger partial charge in [-0.05, 0) is 57.2 Å². The van der Waals surface area contributed by atoms with Crippen LogP contribution in [0.25, 0.3) is 10.9 Å². The lowest BCUT2D eigenvalue weighted by Gasteiger charge is -2.54. The van der Waals surface area contributed by atoms with Crippen LogP contribution in [0.1, 0.15) is 56.9 Å². The molecule has 5 rings (SSSR count). The summed E-state index contributed by atoms with van der Waals surface area (Å²) in [6.45, 7) is 12.0. The Balaban J connectivity index is 1.40. The van der Waals surface area contributed by atoms with Crippen molar-refractivity contribution in [1.82, 2.24) is 29.9 Å². The predicted molar refractivity (Wildman–Crippen MR) is 172 cm³/mol. The topological polar surface area (TPSA) is 118 Å². The highest BCUT2D eigenvalue weighted by atomic mass is 16.5. The highest BCUT2D eigenvalue weighted by Crippen LogP contribution is 2.50. The highest BCUT2D eigenvalue weighted by Gasteiger charge is 2.57. The molecule has 3 atom stereocenters. The maximum Gasteiger partial charge on any atom is 0.228 e. The first-order chi connectivity index (χ1) is 21.6. The van der Waals surface area contributed by atoms with Crippen molar-refractivity contribution in [2.24, 2.45) is 11.8 Å². The number of fused-ring (bicyclic) bond motifs is 5. The van der Waals surface area contributed by atoms with E-state index in [1.807, 2.05) is 30.6 Å². The number of nitrogens with one attached hydrogen (secondary N) is 2. The number of hydrogen-bond donors (Lipinski definition) is 2. The number of amides is 4. The van der Waals surface area contributed by atoms with Crippen molar-refractivity contribution in [3.63, 3.8) is 0 Å². The van der Waals surface area contributed by atoms with Gasteiger partial charge in [0.15, 0.2) is 0 Å². The number of morpholine rings is 1. The second-order valence-corrected chi connectivity index (χ2v) is 13.0. The molecule has 45 heavy (non-hydrogen) atoms. The smallest absolute Gasteiger partial charge is 0.228 e. The van der Waals surface area contributed by atoms with Gasteiger partial charge in [-0.3, -0.25) is 24.1 Å². The SMILES string of the molecule is CCN(CC)C(=O)[C@H]1C[C@H](CC(=O)NCCN2CCOCC2)C(=O)N2CCc3c([nH]c4cc(CCC(=O)N(C)C)ccc34)[C@]12C. The minimum atomic E-state index is -0.867. The summed E-state index contributed by atoms with van der Waals surface area (Å²) in [6.07, 6.45) is 2.13. The number of hydrogen-bond acceptors (Lipinski definition) is 6. The Morgan fingerprint density at radius 1 is 1.11 bits per heavy atom. The van der Waals surface area contributed by atoms with Crippen LogP contribution in [-0.2, 0) is 42.3 Å². The third-order valence-corrected chi connectivity index (χ3v) is 10.2. The molecule has 3 aliphatic rings. The molecule has 11 heteroatoms. The van der Waals surface area contributed by atoms with Crippen LogP contribution in [0, 0.1) is 11.8 Å². The van der Waals surface area contributed by atoms with Gasteiger partial charge >= 0.3 is 0 Å². The van der Waals surface area contributed by atoms with Crippen molar-refractivity contribution in [2.75, 3.05) is 73.1 Å². The van der Waals surface area contributed by atoms with Gasteiger partial charge in [0, 0.05) is 95.3 Å². The lowest BCUT2D eigenvalue weighted by molar-refractivity contribution is -0.164. The summed E-state index contributed by atoms with van der Waals surface area (Å²) in [4.78, 5) is 64.9. The standard InChI is InChI=1S/C34H50N6O5/c1-6-39(7-2)33(44)27-21-24(22-29(41)35-13-15-38-16-18-45-19-17-38)32(43)40-14-12-26-25-10-8-23(9-11-30(42)37(4)5)20-28(25)36-31(26)34(27,40)3/h8,10,20,24,27,36H,6-7,9,11-19,21-22H2,1-5H3,(H,35,41)/t24-,27-,34+/m1/s1. The molecule has 1 aromatic carbocycles. The van der Waals surface area contributed by atoms with Gasteiger partial charge in [-0.1, -0.05) is 12.1 Å². The molecular formula is C34H50N6O5. The lowest BCUT2D eigenvalue weighted by atomic mass is 9.67. The molecule has 0 bridgehead atoms. The molecule has 0 saturated carbocycles. The number of nitrogens with zero attached hydrogens (tertiary/aromatic N) is 4. The van der Waals surface area contributed by atoms with Crippen molar-refractivity contribution in [3.05, 3.63) is 35.0 Å². The fourth-order valence-electron chi connectivity index (χ4n) is 7.49. The van der Waals surface area contributed by atoms with Crippen LogP contribution in [0.2, 0.25) is 0 Å². The minimum absolute atomic E-state index is 0.0205. The van der Waals surface area contributed by atoms with Crippen molar-refractivity contribution < 1.29 is 23.9 Å². The number of ether oxygens (including phenoxy) is 1. The number of carbonyl (C=O) groups excluding carboxylic acids is 4. The molecule has 3 aliphatic heterocycles. The zero-order valence-electron chi connectivity index (χ0n) is 27.6. The molecular weight excluding hydrogens is 572 g/mol. The Morgan fingerprint density at radius 3 is 2.53 bits per heavy atom. The van der Waals surface area contributed by atoms with Crippen molar-refractivity contribution in [3.8, 4) is 0 Å². The maximum atomic E-state index is 14.2. The fourth-order valence-corrected chi connectivity index (χ4v) is 7.49. The van der Waals surface area contributed by atoms with Gasteiger partial charge in [0.05, 0.1) is 24.7 Å². The molecule has 2 fully saturated rings. The van der Waals surface area contributed by atoms with E-state index in [1.54, 1.807) is 19.0 Å². The predicted octanol–water partition coefficient (Wildman–Crippen LogP) is 2.13. The Hall–Kier alpha value is -3.44. The molecule has 4 heterocycles. The zero-order chi connectivity index (χ0) is 32.3. The number of aromatic nitrogens is 1. The molecule has 0 unspecified atom stereocenters. The van der Waals surface area contributed by atoms with E-state index < -0.39 is 17.4 Å². The Labute approximate surface area is 266 Å². The number of piperidine rings is 1. The summed E-state index contributed by atoms with van der Waals surface area (Å²) in [5.74, 6) is -1.15. The van der Waals surface area contributed by atoms with E-state index in [0.29, 0.717) is 65.1 Å². The number of H-pyrrole nitrogens is 1. The molecule has 2 N–H and O–H groups in total. The lowest BCUT2D eigenvalue weighted by Crippen LogP contribution is -2.64. The van der Waals surface area contributed by atoms with E-state index in [4.69, 9.17) is 4.74 Å². The summed E-state index contributed by atoms with van der Waals surface area (Å²) in [5, 5.41) is 4.11. The summed E-state index contributed by atoms with van der Waals surface area (Å²) in [5.41, 5.74) is 3.21. The van der Waals surface area contributed by atoms with Gasteiger partial charge in [-0.15, -0.1) is 0 Å². The van der Waals surface area contributed by atoms with Crippen LogP contribution >= 0.6 is 0 Å². The first-order valence-corrected chi connectivity index (χ1v) is 16.6. The van der Waals surface area contributed by atoms with Gasteiger partial charge in [-0.2, -0.15) is 0 Å². The van der Waals surface area contributed by atoms with Crippen molar-refractivity contribution in [1.29, 1.82) is 0 Å². The van der Waals surface area contributed by atoms with Crippen LogP contribution in [0.4, 0.5) is 0 Å². The molecule has 2 saturated heterocycles. The van der Waals surface area contributed by atoms with Crippen molar-refractivity contribution in [2.45, 2.75) is 58.4 Å². The number of benzene rings is 1. The number of rotatable bonds is 11. The highest BCUT2D eigenvalue weighted by molar-refractivity contribution is 5.93. The van der Waals surface area contributed by atoms with Gasteiger partial charge in [-0.25, -0.2) is 0 Å². The second kappa shape index (κ2) is 13.9. The van der Waals surface area contributed by atoms with Crippen LogP contribution in [-0.4, -0.2) is 121 Å². The third kappa shape index (κ3) is 6.60. The average Bonchev–Trinajstić information content (AvgIpc) is 3.41. The molecule has 246 valence electrons. The minimum Gasteiger partial charge on any atom is -0.379 e. The van der Waals surface area contributed by atoms with E-state index in [0.717, 1.165) is 47.4 Å². The largest absolute Gasteiger partial charge is 0.379 e. The van der Waals surface area contributed by atoms with E-state index in [-0.39, 0.29) is 30.0 Å². The normalized spacial score (nSPS) is 23.4. The quantitative estimate of drug-likeness (QED) is 0.397. The molecule has 0 spiro atoms. The summed E-state index contributed by atoms with van der Waals surface area (Å²) < 4.78 is 5.41. The Kier molecular flexibility index (Phi) is 10.2. The number of carbonyl (C=O) groups is 4. The second-order valence-electron chi connectivity index (χ2n) is 13.0. The van der Waals surface area contributed by atoms with Crippen LogP contribution in [0.15, 0.2) is 18.2 Å². The number of aryl methyl sites for hydroxylation is 1. The van der Waals surface area contributed by atoms with Crippen molar-refractivity contribution >= 4 is 34.5 Å². The monoisotopic (exact) mass is 622 g/mol. The molecule has 1 aromatic heterocycles. The molecule has 11 nitrogen and oxygen atoms in total. The average molecular weight is 623 g/mol. The van der Waals surface area contributed by atoms with Gasteiger partial charge in [0.25, 0.3) is 0 Å². The first-order valence-electron chi connectivity index (χ1n) is 16.6. The maximum absolute atomic E-state index is 14.2. The van der Waals surface area contributed by atoms with E-state index in [1.165, 1.54) is 0 Å². The van der Waals surface area contributed by atoms with Gasteiger partial charge < -0.3 is 29.7 Å². The molecule has 0 radical (unpaired) electrons. The summed E-state index contributed by atoms with van der Waals surface area (Å²) in [7, 11) is 3.53. The van der Waals surface area contributed by atoms with Crippen LogP contribution in [0.5, 0.6) is 0 Å². The van der Waals surface area contributed by atoms with Crippen LogP contribution in [0.3, 0.4) is 0 Å². The van der Waals surface area contributed by atoms with E-state index >= 15 is 0 Å². The van der Waals surface area contributed by atoms with Gasteiger partial charge in [0.1, 0.15) is 0 Å².